The minimum Gasteiger partial charge on any atom is -0.341 e. The van der Waals surface area contributed by atoms with Crippen molar-refractivity contribution in [1.82, 2.24) is 19.4 Å². The van der Waals surface area contributed by atoms with Crippen LogP contribution in [0, 0.1) is 0 Å². The molecule has 3 rings (SSSR count). The highest BCUT2D eigenvalue weighted by Gasteiger charge is 2.19. The summed E-state index contributed by atoms with van der Waals surface area (Å²) in [6.07, 6.45) is 8.44. The third kappa shape index (κ3) is 4.91. The molecule has 1 fully saturated rings. The van der Waals surface area contributed by atoms with E-state index in [0.717, 1.165) is 57.7 Å². The van der Waals surface area contributed by atoms with Gasteiger partial charge in [0.1, 0.15) is 0 Å². The van der Waals surface area contributed by atoms with Crippen LogP contribution in [-0.2, 0) is 17.8 Å². The SMILES string of the molecule is O=C(Cc1ccsc1)N1CCCN(CCCn2ccnc2)CC1. The molecule has 0 saturated carbocycles. The van der Waals surface area contributed by atoms with Gasteiger partial charge in [0.05, 0.1) is 12.7 Å². The first-order chi connectivity index (χ1) is 11.3. The molecule has 0 aliphatic carbocycles. The van der Waals surface area contributed by atoms with Gasteiger partial charge in [-0.25, -0.2) is 4.98 Å². The molecule has 6 heteroatoms. The van der Waals surface area contributed by atoms with Crippen molar-refractivity contribution >= 4 is 17.2 Å². The molecule has 2 aromatic rings. The summed E-state index contributed by atoms with van der Waals surface area (Å²) >= 11 is 1.66. The molecule has 124 valence electrons. The molecular weight excluding hydrogens is 308 g/mol. The minimum atomic E-state index is 0.267. The average Bonchev–Trinajstić information content (AvgIpc) is 3.19. The summed E-state index contributed by atoms with van der Waals surface area (Å²) in [6.45, 7) is 5.92. The van der Waals surface area contributed by atoms with Gasteiger partial charge in [0.15, 0.2) is 0 Å². The fourth-order valence-electron chi connectivity index (χ4n) is 3.02. The van der Waals surface area contributed by atoms with Crippen LogP contribution in [0.4, 0.5) is 0 Å². The first kappa shape index (κ1) is 16.2. The lowest BCUT2D eigenvalue weighted by Gasteiger charge is -2.22. The molecule has 0 bridgehead atoms. The summed E-state index contributed by atoms with van der Waals surface area (Å²) in [4.78, 5) is 21.0. The number of hydrogen-bond acceptors (Lipinski definition) is 4. The molecule has 0 aromatic carbocycles. The van der Waals surface area contributed by atoms with Gasteiger partial charge in [0.2, 0.25) is 5.91 Å². The molecule has 0 N–H and O–H groups in total. The Morgan fingerprint density at radius 3 is 2.96 bits per heavy atom. The number of carbonyl (C=O) groups excluding carboxylic acids is 1. The second-order valence-electron chi connectivity index (χ2n) is 6.04. The number of rotatable bonds is 6. The van der Waals surface area contributed by atoms with E-state index in [1.165, 1.54) is 0 Å². The summed E-state index contributed by atoms with van der Waals surface area (Å²) in [5.41, 5.74) is 1.14. The Hall–Kier alpha value is -1.66. The zero-order valence-electron chi connectivity index (χ0n) is 13.4. The van der Waals surface area contributed by atoms with Crippen LogP contribution in [0.5, 0.6) is 0 Å². The van der Waals surface area contributed by atoms with E-state index in [-0.39, 0.29) is 5.91 Å². The number of nitrogens with zero attached hydrogens (tertiary/aromatic N) is 4. The van der Waals surface area contributed by atoms with E-state index < -0.39 is 0 Å². The molecule has 23 heavy (non-hydrogen) atoms. The minimum absolute atomic E-state index is 0.267. The second kappa shape index (κ2) is 8.26. The molecule has 1 aliphatic heterocycles. The van der Waals surface area contributed by atoms with Crippen molar-refractivity contribution in [3.63, 3.8) is 0 Å². The topological polar surface area (TPSA) is 41.4 Å². The molecule has 2 aromatic heterocycles. The van der Waals surface area contributed by atoms with Crippen molar-refractivity contribution in [2.24, 2.45) is 0 Å². The Morgan fingerprint density at radius 1 is 1.22 bits per heavy atom. The van der Waals surface area contributed by atoms with E-state index in [9.17, 15) is 4.79 Å². The third-order valence-electron chi connectivity index (χ3n) is 4.33. The number of amides is 1. The van der Waals surface area contributed by atoms with Crippen molar-refractivity contribution in [3.05, 3.63) is 41.1 Å². The van der Waals surface area contributed by atoms with Gasteiger partial charge in [0, 0.05) is 38.6 Å². The second-order valence-corrected chi connectivity index (χ2v) is 6.82. The molecule has 1 aliphatic rings. The van der Waals surface area contributed by atoms with Gasteiger partial charge < -0.3 is 14.4 Å². The van der Waals surface area contributed by atoms with E-state index in [0.29, 0.717) is 6.42 Å². The molecule has 1 saturated heterocycles. The first-order valence-corrected chi connectivity index (χ1v) is 9.22. The fourth-order valence-corrected chi connectivity index (χ4v) is 3.69. The number of thiophene rings is 1. The molecular formula is C17H24N4OS. The van der Waals surface area contributed by atoms with E-state index in [2.05, 4.69) is 19.8 Å². The highest BCUT2D eigenvalue weighted by atomic mass is 32.1. The number of hydrogen-bond donors (Lipinski definition) is 0. The van der Waals surface area contributed by atoms with E-state index in [1.54, 1.807) is 11.3 Å². The summed E-state index contributed by atoms with van der Waals surface area (Å²) in [5, 5.41) is 4.10. The number of aromatic nitrogens is 2. The quantitative estimate of drug-likeness (QED) is 0.813. The van der Waals surface area contributed by atoms with Gasteiger partial charge in [-0.3, -0.25) is 4.79 Å². The Kier molecular flexibility index (Phi) is 5.82. The van der Waals surface area contributed by atoms with Gasteiger partial charge in [0.25, 0.3) is 0 Å². The lowest BCUT2D eigenvalue weighted by atomic mass is 10.2. The van der Waals surface area contributed by atoms with Crippen LogP contribution in [0.25, 0.3) is 0 Å². The van der Waals surface area contributed by atoms with E-state index in [1.807, 2.05) is 35.1 Å². The maximum atomic E-state index is 12.4. The van der Waals surface area contributed by atoms with Gasteiger partial charge in [-0.05, 0) is 48.3 Å². The molecule has 5 nitrogen and oxygen atoms in total. The van der Waals surface area contributed by atoms with Crippen LogP contribution in [0.3, 0.4) is 0 Å². The highest BCUT2D eigenvalue weighted by Crippen LogP contribution is 2.10. The van der Waals surface area contributed by atoms with Crippen molar-refractivity contribution < 1.29 is 4.79 Å². The summed E-state index contributed by atoms with van der Waals surface area (Å²) in [6, 6.07) is 2.04. The van der Waals surface area contributed by atoms with Crippen LogP contribution in [0.1, 0.15) is 18.4 Å². The average molecular weight is 332 g/mol. The van der Waals surface area contributed by atoms with Crippen LogP contribution < -0.4 is 0 Å². The van der Waals surface area contributed by atoms with Crippen molar-refractivity contribution in [1.29, 1.82) is 0 Å². The van der Waals surface area contributed by atoms with Crippen molar-refractivity contribution in [3.8, 4) is 0 Å². The lowest BCUT2D eigenvalue weighted by Crippen LogP contribution is -2.36. The third-order valence-corrected chi connectivity index (χ3v) is 5.06. The molecule has 0 radical (unpaired) electrons. The van der Waals surface area contributed by atoms with E-state index >= 15 is 0 Å². The predicted molar refractivity (Wildman–Crippen MR) is 92.5 cm³/mol. The van der Waals surface area contributed by atoms with Crippen molar-refractivity contribution in [2.75, 3.05) is 32.7 Å². The fraction of sp³-hybridized carbons (Fsp3) is 0.529. The standard InChI is InChI=1S/C17H24N4OS/c22-17(13-16-3-12-23-14-16)21-8-2-6-19(10-11-21)5-1-7-20-9-4-18-15-20/h3-4,9,12,14-15H,1-2,5-8,10-11,13H2. The molecule has 1 amide bonds. The Bertz CT molecular complexity index is 582. The van der Waals surface area contributed by atoms with Gasteiger partial charge in [-0.1, -0.05) is 0 Å². The highest BCUT2D eigenvalue weighted by molar-refractivity contribution is 7.07. The summed E-state index contributed by atoms with van der Waals surface area (Å²) < 4.78 is 2.12. The molecule has 0 unspecified atom stereocenters. The Balaban J connectivity index is 1.40. The smallest absolute Gasteiger partial charge is 0.227 e. The molecule has 0 spiro atoms. The maximum absolute atomic E-state index is 12.4. The zero-order valence-corrected chi connectivity index (χ0v) is 14.2. The van der Waals surface area contributed by atoms with Gasteiger partial charge >= 0.3 is 0 Å². The molecule has 3 heterocycles. The zero-order chi connectivity index (χ0) is 15.9. The number of carbonyl (C=O) groups is 1. The normalized spacial score (nSPS) is 16.4. The van der Waals surface area contributed by atoms with Gasteiger partial charge in [-0.15, -0.1) is 0 Å². The monoisotopic (exact) mass is 332 g/mol. The van der Waals surface area contributed by atoms with Crippen LogP contribution in [-0.4, -0.2) is 58.0 Å². The number of imidazole rings is 1. The first-order valence-electron chi connectivity index (χ1n) is 8.28. The maximum Gasteiger partial charge on any atom is 0.227 e. The predicted octanol–water partition coefficient (Wildman–Crippen LogP) is 2.11. The Morgan fingerprint density at radius 2 is 2.17 bits per heavy atom. The van der Waals surface area contributed by atoms with E-state index in [4.69, 9.17) is 0 Å². The van der Waals surface area contributed by atoms with Crippen LogP contribution in [0.2, 0.25) is 0 Å². The Labute approximate surface area is 141 Å². The van der Waals surface area contributed by atoms with Crippen LogP contribution >= 0.6 is 11.3 Å². The lowest BCUT2D eigenvalue weighted by molar-refractivity contribution is -0.130. The van der Waals surface area contributed by atoms with Gasteiger partial charge in [-0.2, -0.15) is 11.3 Å². The molecule has 0 atom stereocenters. The summed E-state index contributed by atoms with van der Waals surface area (Å²) in [7, 11) is 0. The van der Waals surface area contributed by atoms with Crippen LogP contribution in [0.15, 0.2) is 35.5 Å². The van der Waals surface area contributed by atoms with Crippen molar-refractivity contribution in [2.45, 2.75) is 25.8 Å². The summed E-state index contributed by atoms with van der Waals surface area (Å²) in [5.74, 6) is 0.267. The number of aryl methyl sites for hydroxylation is 1. The largest absolute Gasteiger partial charge is 0.341 e.